The first-order valence-electron chi connectivity index (χ1n) is 8.39. The number of benzene rings is 2. The Labute approximate surface area is 160 Å². The maximum atomic E-state index is 12.7. The number of ether oxygens (including phenoxy) is 1. The summed E-state index contributed by atoms with van der Waals surface area (Å²) < 4.78 is 6.23. The highest BCUT2D eigenvalue weighted by Gasteiger charge is 2.24. The maximum absolute atomic E-state index is 12.7. The van der Waals surface area contributed by atoms with Crippen LogP contribution in [0.3, 0.4) is 0 Å². The van der Waals surface area contributed by atoms with Crippen LogP contribution in [0.5, 0.6) is 5.75 Å². The Hall–Kier alpha value is -2.31. The molecule has 1 aliphatic heterocycles. The molecule has 0 bridgehead atoms. The Kier molecular flexibility index (Phi) is 4.70. The highest BCUT2D eigenvalue weighted by atomic mass is 35.5. The van der Waals surface area contributed by atoms with E-state index in [0.29, 0.717) is 23.7 Å². The Morgan fingerprint density at radius 3 is 2.50 bits per heavy atom. The first-order valence-corrected chi connectivity index (χ1v) is 9.58. The van der Waals surface area contributed by atoms with Gasteiger partial charge in [-0.3, -0.25) is 4.79 Å². The van der Waals surface area contributed by atoms with Crippen LogP contribution in [-0.2, 0) is 0 Å². The number of para-hydroxylation sites is 1. The van der Waals surface area contributed by atoms with Crippen molar-refractivity contribution in [2.45, 2.75) is 0 Å². The Morgan fingerprint density at radius 1 is 1.12 bits per heavy atom. The van der Waals surface area contributed by atoms with Crippen LogP contribution in [0.15, 0.2) is 42.5 Å². The monoisotopic (exact) mass is 387 g/mol. The van der Waals surface area contributed by atoms with Crippen molar-refractivity contribution in [3.8, 4) is 5.75 Å². The van der Waals surface area contributed by atoms with Gasteiger partial charge in [-0.2, -0.15) is 0 Å². The molecule has 1 amide bonds. The van der Waals surface area contributed by atoms with Gasteiger partial charge in [-0.1, -0.05) is 29.0 Å². The maximum Gasteiger partial charge on any atom is 0.253 e. The highest BCUT2D eigenvalue weighted by molar-refractivity contribution is 7.22. The van der Waals surface area contributed by atoms with Gasteiger partial charge in [-0.05, 0) is 36.4 Å². The van der Waals surface area contributed by atoms with E-state index in [0.717, 1.165) is 34.2 Å². The zero-order valence-electron chi connectivity index (χ0n) is 14.3. The summed E-state index contributed by atoms with van der Waals surface area (Å²) in [6.07, 6.45) is 0. The minimum atomic E-state index is 0.0552. The molecule has 0 saturated carbocycles. The number of fused-ring (bicyclic) bond motifs is 1. The SMILES string of the molecule is COc1ccc(C(=O)N2CCN(c3nc4c(Cl)cccc4s3)CC2)cc1. The van der Waals surface area contributed by atoms with Crippen molar-refractivity contribution in [1.29, 1.82) is 0 Å². The molecule has 134 valence electrons. The number of carbonyl (C=O) groups excluding carboxylic acids is 1. The van der Waals surface area contributed by atoms with E-state index in [1.54, 1.807) is 18.4 Å². The van der Waals surface area contributed by atoms with E-state index in [-0.39, 0.29) is 5.91 Å². The van der Waals surface area contributed by atoms with Crippen molar-refractivity contribution >= 4 is 44.2 Å². The minimum absolute atomic E-state index is 0.0552. The van der Waals surface area contributed by atoms with E-state index in [9.17, 15) is 4.79 Å². The van der Waals surface area contributed by atoms with Crippen LogP contribution in [0.25, 0.3) is 10.2 Å². The number of halogens is 1. The van der Waals surface area contributed by atoms with Crippen LogP contribution >= 0.6 is 22.9 Å². The first-order chi connectivity index (χ1) is 12.7. The molecule has 0 atom stereocenters. The first kappa shape index (κ1) is 17.1. The molecule has 1 aliphatic rings. The second-order valence-electron chi connectivity index (χ2n) is 6.09. The van der Waals surface area contributed by atoms with Gasteiger partial charge in [0.25, 0.3) is 5.91 Å². The zero-order chi connectivity index (χ0) is 18.1. The second kappa shape index (κ2) is 7.13. The van der Waals surface area contributed by atoms with Gasteiger partial charge in [0, 0.05) is 31.7 Å². The molecule has 2 aromatic carbocycles. The van der Waals surface area contributed by atoms with E-state index in [2.05, 4.69) is 9.88 Å². The standard InChI is InChI=1S/C19H18ClN3O2S/c1-25-14-7-5-13(6-8-14)18(24)22-9-11-23(12-10-22)19-21-17-15(20)3-2-4-16(17)26-19/h2-8H,9-12H2,1H3. The van der Waals surface area contributed by atoms with Crippen molar-refractivity contribution in [3.05, 3.63) is 53.1 Å². The van der Waals surface area contributed by atoms with E-state index in [1.807, 2.05) is 47.4 Å². The van der Waals surface area contributed by atoms with Crippen molar-refractivity contribution in [2.24, 2.45) is 0 Å². The summed E-state index contributed by atoms with van der Waals surface area (Å²) in [4.78, 5) is 21.5. The normalized spacial score (nSPS) is 14.7. The zero-order valence-corrected chi connectivity index (χ0v) is 15.9. The van der Waals surface area contributed by atoms with Gasteiger partial charge >= 0.3 is 0 Å². The number of hydrogen-bond acceptors (Lipinski definition) is 5. The predicted octanol–water partition coefficient (Wildman–Crippen LogP) is 3.92. The van der Waals surface area contributed by atoms with Gasteiger partial charge in [-0.25, -0.2) is 4.98 Å². The lowest BCUT2D eigenvalue weighted by atomic mass is 10.1. The fourth-order valence-electron chi connectivity index (χ4n) is 3.06. The van der Waals surface area contributed by atoms with Crippen molar-refractivity contribution in [2.75, 3.05) is 38.2 Å². The number of piperazine rings is 1. The van der Waals surface area contributed by atoms with Crippen LogP contribution in [0.1, 0.15) is 10.4 Å². The average molecular weight is 388 g/mol. The van der Waals surface area contributed by atoms with Crippen LogP contribution in [0.4, 0.5) is 5.13 Å². The number of methoxy groups -OCH3 is 1. The molecule has 0 radical (unpaired) electrons. The van der Waals surface area contributed by atoms with Crippen LogP contribution < -0.4 is 9.64 Å². The Bertz CT molecular complexity index is 934. The molecule has 0 aliphatic carbocycles. The molecule has 5 nitrogen and oxygen atoms in total. The second-order valence-corrected chi connectivity index (χ2v) is 7.51. The molecule has 1 aromatic heterocycles. The highest BCUT2D eigenvalue weighted by Crippen LogP contribution is 2.33. The molecule has 1 fully saturated rings. The number of amides is 1. The average Bonchev–Trinajstić information content (AvgIpc) is 3.13. The van der Waals surface area contributed by atoms with E-state index in [1.165, 1.54) is 0 Å². The van der Waals surface area contributed by atoms with Crippen molar-refractivity contribution in [3.63, 3.8) is 0 Å². The molecule has 0 N–H and O–H groups in total. The van der Waals surface area contributed by atoms with E-state index < -0.39 is 0 Å². The molecule has 7 heteroatoms. The summed E-state index contributed by atoms with van der Waals surface area (Å²) in [6.45, 7) is 2.88. The number of carbonyl (C=O) groups is 1. The predicted molar refractivity (Wildman–Crippen MR) is 106 cm³/mol. The summed E-state index contributed by atoms with van der Waals surface area (Å²) in [6, 6.07) is 13.1. The summed E-state index contributed by atoms with van der Waals surface area (Å²) in [5.74, 6) is 0.806. The number of nitrogens with zero attached hydrogens (tertiary/aromatic N) is 3. The summed E-state index contributed by atoms with van der Waals surface area (Å²) in [7, 11) is 1.62. The van der Waals surface area contributed by atoms with Crippen molar-refractivity contribution < 1.29 is 9.53 Å². The van der Waals surface area contributed by atoms with Gasteiger partial charge < -0.3 is 14.5 Å². The topological polar surface area (TPSA) is 45.7 Å². The summed E-state index contributed by atoms with van der Waals surface area (Å²) >= 11 is 7.87. The van der Waals surface area contributed by atoms with Gasteiger partial charge in [0.2, 0.25) is 0 Å². The van der Waals surface area contributed by atoms with E-state index in [4.69, 9.17) is 16.3 Å². The summed E-state index contributed by atoms with van der Waals surface area (Å²) in [5.41, 5.74) is 1.54. The molecule has 3 aromatic rings. The molecular formula is C19H18ClN3O2S. The summed E-state index contributed by atoms with van der Waals surface area (Å²) in [5, 5.41) is 1.64. The largest absolute Gasteiger partial charge is 0.497 e. The lowest BCUT2D eigenvalue weighted by Gasteiger charge is -2.34. The third-order valence-electron chi connectivity index (χ3n) is 4.53. The number of aromatic nitrogens is 1. The lowest BCUT2D eigenvalue weighted by molar-refractivity contribution is 0.0746. The smallest absolute Gasteiger partial charge is 0.253 e. The van der Waals surface area contributed by atoms with Crippen molar-refractivity contribution in [1.82, 2.24) is 9.88 Å². The number of thiazole rings is 1. The fourth-order valence-corrected chi connectivity index (χ4v) is 4.37. The Balaban J connectivity index is 1.44. The molecule has 0 spiro atoms. The molecule has 1 saturated heterocycles. The minimum Gasteiger partial charge on any atom is -0.497 e. The van der Waals surface area contributed by atoms with Crippen LogP contribution in [-0.4, -0.2) is 49.1 Å². The molecule has 4 rings (SSSR count). The molecule has 2 heterocycles. The van der Waals surface area contributed by atoms with Gasteiger partial charge in [0.05, 0.1) is 16.8 Å². The lowest BCUT2D eigenvalue weighted by Crippen LogP contribution is -2.48. The number of hydrogen-bond donors (Lipinski definition) is 0. The van der Waals surface area contributed by atoms with Gasteiger partial charge in [0.1, 0.15) is 11.3 Å². The Morgan fingerprint density at radius 2 is 1.85 bits per heavy atom. The molecule has 26 heavy (non-hydrogen) atoms. The van der Waals surface area contributed by atoms with Crippen LogP contribution in [0.2, 0.25) is 5.02 Å². The van der Waals surface area contributed by atoms with E-state index >= 15 is 0 Å². The third kappa shape index (κ3) is 3.22. The molecule has 0 unspecified atom stereocenters. The molecular weight excluding hydrogens is 370 g/mol. The quantitative estimate of drug-likeness (QED) is 0.683. The van der Waals surface area contributed by atoms with Gasteiger partial charge in [-0.15, -0.1) is 0 Å². The number of anilines is 1. The van der Waals surface area contributed by atoms with Crippen LogP contribution in [0, 0.1) is 0 Å². The van der Waals surface area contributed by atoms with Gasteiger partial charge in [0.15, 0.2) is 5.13 Å². The number of rotatable bonds is 3. The third-order valence-corrected chi connectivity index (χ3v) is 5.92. The fraction of sp³-hybridized carbons (Fsp3) is 0.263.